The number of aromatic carboxylic acids is 1. The van der Waals surface area contributed by atoms with E-state index in [0.717, 1.165) is 24.7 Å². The molecule has 3 aromatic rings. The van der Waals surface area contributed by atoms with Gasteiger partial charge in [0.25, 0.3) is 0 Å². The van der Waals surface area contributed by atoms with Crippen molar-refractivity contribution in [1.29, 1.82) is 0 Å². The zero-order valence-corrected chi connectivity index (χ0v) is 19.6. The maximum absolute atomic E-state index is 10.9. The van der Waals surface area contributed by atoms with Gasteiger partial charge in [-0.25, -0.2) is 4.79 Å². The van der Waals surface area contributed by atoms with E-state index in [2.05, 4.69) is 72.5 Å². The summed E-state index contributed by atoms with van der Waals surface area (Å²) in [7, 11) is -1.78. The Bertz CT molecular complexity index is 837. The van der Waals surface area contributed by atoms with Crippen LogP contribution in [0.1, 0.15) is 18.2 Å². The number of hydrogen-bond acceptors (Lipinski definition) is 2. The van der Waals surface area contributed by atoms with Crippen LogP contribution < -0.4 is 45.2 Å². The van der Waals surface area contributed by atoms with Crippen LogP contribution in [0.4, 0.5) is 5.69 Å². The van der Waals surface area contributed by atoms with Crippen LogP contribution in [-0.2, 0) is 0 Å². The monoisotopic (exact) mass is 399 g/mol. The second-order valence-electron chi connectivity index (χ2n) is 6.98. The van der Waals surface area contributed by atoms with Crippen LogP contribution in [0, 0.1) is 0 Å². The van der Waals surface area contributed by atoms with Crippen molar-refractivity contribution in [2.24, 2.45) is 0 Å². The van der Waals surface area contributed by atoms with Crippen LogP contribution >= 0.6 is 0 Å². The number of carboxylic acids is 1. The molecular formula is C23H26NNaO2Si. The normalized spacial score (nSPS) is 10.8. The summed E-state index contributed by atoms with van der Waals surface area (Å²) < 4.78 is 0. The molecule has 0 fully saturated rings. The molecule has 0 radical (unpaired) electrons. The first-order valence-electron chi connectivity index (χ1n) is 9.28. The molecule has 28 heavy (non-hydrogen) atoms. The summed E-state index contributed by atoms with van der Waals surface area (Å²) in [5.74, 6) is -0.894. The van der Waals surface area contributed by atoms with Gasteiger partial charge in [0.15, 0.2) is 0 Å². The minimum atomic E-state index is -1.78. The van der Waals surface area contributed by atoms with E-state index in [1.165, 1.54) is 10.4 Å². The number of carbonyl (C=O) groups is 1. The molecule has 0 aromatic heterocycles. The topological polar surface area (TPSA) is 49.3 Å². The zero-order valence-electron chi connectivity index (χ0n) is 17.6. The molecule has 0 spiro atoms. The Morgan fingerprint density at radius 2 is 1.39 bits per heavy atom. The van der Waals surface area contributed by atoms with E-state index in [4.69, 9.17) is 5.11 Å². The van der Waals surface area contributed by atoms with Crippen molar-refractivity contribution in [2.45, 2.75) is 19.0 Å². The van der Waals surface area contributed by atoms with Gasteiger partial charge in [-0.3, -0.25) is 0 Å². The van der Waals surface area contributed by atoms with Crippen molar-refractivity contribution in [3.05, 3.63) is 90.5 Å². The first kappa shape index (κ1) is 22.4. The summed E-state index contributed by atoms with van der Waals surface area (Å²) in [6.07, 6.45) is 1.06. The van der Waals surface area contributed by atoms with Crippen LogP contribution in [0.2, 0.25) is 12.6 Å². The maximum Gasteiger partial charge on any atom is 1.00 e. The molecule has 0 bridgehead atoms. The van der Waals surface area contributed by atoms with Gasteiger partial charge >= 0.3 is 35.5 Å². The minimum absolute atomic E-state index is 0. The van der Waals surface area contributed by atoms with E-state index in [9.17, 15) is 4.79 Å². The summed E-state index contributed by atoms with van der Waals surface area (Å²) >= 11 is 0. The van der Waals surface area contributed by atoms with Crippen LogP contribution in [0.15, 0.2) is 84.9 Å². The number of anilines is 1. The Morgan fingerprint density at radius 1 is 0.893 bits per heavy atom. The van der Waals surface area contributed by atoms with E-state index in [-0.39, 0.29) is 31.0 Å². The second kappa shape index (κ2) is 10.6. The summed E-state index contributed by atoms with van der Waals surface area (Å²) in [5.41, 5.74) is 1.27. The van der Waals surface area contributed by atoms with Crippen molar-refractivity contribution in [1.82, 2.24) is 0 Å². The third-order valence-electron chi connectivity index (χ3n) is 5.14. The minimum Gasteiger partial charge on any atom is -1.00 e. The van der Waals surface area contributed by atoms with Gasteiger partial charge < -0.3 is 11.8 Å². The summed E-state index contributed by atoms with van der Waals surface area (Å²) in [5, 5.41) is 15.3. The van der Waals surface area contributed by atoms with Crippen molar-refractivity contribution < 1.29 is 40.9 Å². The summed E-state index contributed by atoms with van der Waals surface area (Å²) in [6, 6.07) is 29.8. The van der Waals surface area contributed by atoms with Gasteiger partial charge in [-0.2, -0.15) is 0 Å². The van der Waals surface area contributed by atoms with Crippen molar-refractivity contribution in [3.63, 3.8) is 0 Å². The smallest absolute Gasteiger partial charge is 1.00 e. The second-order valence-corrected chi connectivity index (χ2v) is 11.3. The number of carboxylic acid groups (broad SMARTS) is 1. The molecule has 0 aliphatic heterocycles. The molecule has 3 nitrogen and oxygen atoms in total. The third kappa shape index (κ3) is 5.58. The molecule has 3 rings (SSSR count). The molecule has 5 heteroatoms. The molecular weight excluding hydrogens is 373 g/mol. The number of rotatable bonds is 8. The van der Waals surface area contributed by atoms with E-state index in [1.54, 1.807) is 12.1 Å². The van der Waals surface area contributed by atoms with Gasteiger partial charge in [-0.15, -0.1) is 0 Å². The molecule has 0 amide bonds. The van der Waals surface area contributed by atoms with Crippen molar-refractivity contribution in [3.8, 4) is 0 Å². The predicted molar refractivity (Wildman–Crippen MR) is 116 cm³/mol. The van der Waals surface area contributed by atoms with Crippen molar-refractivity contribution >= 4 is 30.1 Å². The van der Waals surface area contributed by atoms with Gasteiger partial charge in [-0.1, -0.05) is 77.6 Å². The van der Waals surface area contributed by atoms with E-state index in [1.807, 2.05) is 12.1 Å². The average molecular weight is 400 g/mol. The van der Waals surface area contributed by atoms with Gasteiger partial charge in [0.1, 0.15) is 8.07 Å². The molecule has 2 N–H and O–H groups in total. The number of benzene rings is 3. The van der Waals surface area contributed by atoms with Crippen LogP contribution in [0.3, 0.4) is 0 Å². The quantitative estimate of drug-likeness (QED) is 0.442. The Hall–Kier alpha value is -1.85. The third-order valence-corrected chi connectivity index (χ3v) is 9.71. The molecule has 0 aliphatic carbocycles. The van der Waals surface area contributed by atoms with E-state index < -0.39 is 14.0 Å². The van der Waals surface area contributed by atoms with Crippen LogP contribution in [0.25, 0.3) is 0 Å². The number of nitrogens with one attached hydrogen (secondary N) is 1. The molecule has 0 unspecified atom stereocenters. The SMILES string of the molecule is C[Si](CCCNc1ccc(C(=O)O)cc1)(c1ccccc1)c1ccccc1.[H-].[Na+]. The van der Waals surface area contributed by atoms with E-state index in [0.29, 0.717) is 5.56 Å². The van der Waals surface area contributed by atoms with Gasteiger partial charge in [0.05, 0.1) is 5.56 Å². The van der Waals surface area contributed by atoms with E-state index >= 15 is 0 Å². The zero-order chi connectivity index (χ0) is 19.1. The maximum atomic E-state index is 10.9. The Labute approximate surface area is 191 Å². The molecule has 140 valence electrons. The largest absolute Gasteiger partial charge is 1.00 e. The van der Waals surface area contributed by atoms with Gasteiger partial charge in [0, 0.05) is 12.2 Å². The number of hydrogen-bond donors (Lipinski definition) is 2. The fraction of sp³-hybridized carbons (Fsp3) is 0.174. The molecule has 0 saturated heterocycles. The summed E-state index contributed by atoms with van der Waals surface area (Å²) in [6.45, 7) is 3.31. The standard InChI is InChI=1S/C23H25NO2Si.Na.H/c1-27(21-9-4-2-5-10-21,22-11-6-3-7-12-22)18-8-17-24-20-15-13-19(14-16-20)23(25)26;;/h2-7,9-16,24H,8,17-18H2,1H3,(H,25,26);;/q;+1;-1. The van der Waals surface area contributed by atoms with Crippen LogP contribution in [0.5, 0.6) is 0 Å². The molecule has 0 heterocycles. The van der Waals surface area contributed by atoms with Crippen molar-refractivity contribution in [2.75, 3.05) is 11.9 Å². The fourth-order valence-corrected chi connectivity index (χ4v) is 7.12. The Kier molecular flexibility index (Phi) is 8.51. The molecule has 3 aromatic carbocycles. The van der Waals surface area contributed by atoms with Gasteiger partial charge in [-0.05, 0) is 36.7 Å². The van der Waals surface area contributed by atoms with Crippen LogP contribution in [-0.4, -0.2) is 25.7 Å². The summed E-state index contributed by atoms with van der Waals surface area (Å²) in [4.78, 5) is 10.9. The molecule has 0 aliphatic rings. The average Bonchev–Trinajstić information content (AvgIpc) is 2.72. The van der Waals surface area contributed by atoms with Gasteiger partial charge in [0.2, 0.25) is 0 Å². The first-order chi connectivity index (χ1) is 13.1. The fourth-order valence-electron chi connectivity index (χ4n) is 3.47. The predicted octanol–water partition coefficient (Wildman–Crippen LogP) is 1.20. The Morgan fingerprint density at radius 3 is 1.86 bits per heavy atom. The molecule has 0 atom stereocenters. The Balaban J connectivity index is 0.00000210. The molecule has 0 saturated carbocycles. The first-order valence-corrected chi connectivity index (χ1v) is 12.0.